The molecule has 108 valence electrons. The Labute approximate surface area is 118 Å². The fraction of sp³-hybridized carbons (Fsp3) is 0.733. The number of nitrogens with zero attached hydrogens (tertiary/aromatic N) is 1. The summed E-state index contributed by atoms with van der Waals surface area (Å²) in [5.41, 5.74) is 6.23. The molecule has 6 atom stereocenters. The molecule has 2 heterocycles. The van der Waals surface area contributed by atoms with Crippen molar-refractivity contribution in [2.45, 2.75) is 43.9 Å². The van der Waals surface area contributed by atoms with Gasteiger partial charge in [0.15, 0.2) is 0 Å². The van der Waals surface area contributed by atoms with Gasteiger partial charge < -0.3 is 10.5 Å². The van der Waals surface area contributed by atoms with Crippen LogP contribution in [0, 0.1) is 17.8 Å². The Morgan fingerprint density at radius 1 is 1.15 bits per heavy atom. The number of carbonyl (C=O) groups excluding carboxylic acids is 2. The molecule has 20 heavy (non-hydrogen) atoms. The van der Waals surface area contributed by atoms with Crippen molar-refractivity contribution in [3.8, 4) is 0 Å². The van der Waals surface area contributed by atoms with Crippen molar-refractivity contribution in [1.82, 2.24) is 4.90 Å². The molecular formula is C15H20N2O3. The van der Waals surface area contributed by atoms with Crippen LogP contribution in [0.1, 0.15) is 25.7 Å². The highest BCUT2D eigenvalue weighted by atomic mass is 16.5. The molecule has 2 N–H and O–H groups in total. The maximum Gasteiger partial charge on any atom is 0.233 e. The molecule has 0 spiro atoms. The third-order valence-corrected chi connectivity index (χ3v) is 5.48. The molecule has 2 aliphatic carbocycles. The van der Waals surface area contributed by atoms with E-state index < -0.39 is 0 Å². The Hall–Kier alpha value is -1.20. The SMILES string of the molecule is NC1C2CCCOC2C1N1C(=O)[C@H]2CC=CC[C@H]2C1=O. The van der Waals surface area contributed by atoms with E-state index in [1.54, 1.807) is 0 Å². The molecular weight excluding hydrogens is 256 g/mol. The summed E-state index contributed by atoms with van der Waals surface area (Å²) in [6.45, 7) is 0.717. The smallest absolute Gasteiger partial charge is 0.233 e. The monoisotopic (exact) mass is 276 g/mol. The van der Waals surface area contributed by atoms with Crippen LogP contribution in [0.25, 0.3) is 0 Å². The van der Waals surface area contributed by atoms with E-state index in [-0.39, 0.29) is 41.8 Å². The molecule has 5 nitrogen and oxygen atoms in total. The lowest BCUT2D eigenvalue weighted by Gasteiger charge is -2.54. The first kappa shape index (κ1) is 12.5. The minimum absolute atomic E-state index is 0.0280. The van der Waals surface area contributed by atoms with E-state index in [0.29, 0.717) is 18.8 Å². The van der Waals surface area contributed by atoms with E-state index in [4.69, 9.17) is 10.5 Å². The molecule has 4 aliphatic rings. The molecule has 2 aliphatic heterocycles. The van der Waals surface area contributed by atoms with E-state index in [9.17, 15) is 9.59 Å². The van der Waals surface area contributed by atoms with E-state index >= 15 is 0 Å². The van der Waals surface area contributed by atoms with Crippen LogP contribution < -0.4 is 5.73 Å². The second kappa shape index (κ2) is 4.40. The Morgan fingerprint density at radius 2 is 1.80 bits per heavy atom. The number of amides is 2. The second-order valence-corrected chi connectivity index (χ2v) is 6.41. The first-order valence-corrected chi connectivity index (χ1v) is 7.59. The number of ether oxygens (including phenoxy) is 1. The van der Waals surface area contributed by atoms with E-state index in [2.05, 4.69) is 0 Å². The van der Waals surface area contributed by atoms with Gasteiger partial charge in [0.2, 0.25) is 11.8 Å². The van der Waals surface area contributed by atoms with Crippen molar-refractivity contribution in [1.29, 1.82) is 0 Å². The molecule has 4 rings (SSSR count). The van der Waals surface area contributed by atoms with Gasteiger partial charge in [-0.05, 0) is 25.7 Å². The summed E-state index contributed by atoms with van der Waals surface area (Å²) < 4.78 is 5.78. The van der Waals surface area contributed by atoms with Crippen LogP contribution in [0.5, 0.6) is 0 Å². The summed E-state index contributed by atoms with van der Waals surface area (Å²) in [7, 11) is 0. The number of carbonyl (C=O) groups is 2. The van der Waals surface area contributed by atoms with Crippen molar-refractivity contribution >= 4 is 11.8 Å². The minimum atomic E-state index is -0.231. The number of imide groups is 1. The number of hydrogen-bond acceptors (Lipinski definition) is 4. The van der Waals surface area contributed by atoms with E-state index in [1.165, 1.54) is 4.90 Å². The van der Waals surface area contributed by atoms with Gasteiger partial charge in [0.05, 0.1) is 24.0 Å². The number of rotatable bonds is 1. The predicted molar refractivity (Wildman–Crippen MR) is 71.4 cm³/mol. The van der Waals surface area contributed by atoms with Crippen LogP contribution in [0.15, 0.2) is 12.2 Å². The molecule has 0 radical (unpaired) electrons. The van der Waals surface area contributed by atoms with Crippen LogP contribution in [0.3, 0.4) is 0 Å². The summed E-state index contributed by atoms with van der Waals surface area (Å²) in [5.74, 6) is -0.0744. The largest absolute Gasteiger partial charge is 0.376 e. The molecule has 0 aromatic carbocycles. The lowest BCUT2D eigenvalue weighted by molar-refractivity contribution is -0.174. The van der Waals surface area contributed by atoms with Crippen LogP contribution in [0.2, 0.25) is 0 Å². The maximum absolute atomic E-state index is 12.6. The molecule has 0 aromatic heterocycles. The van der Waals surface area contributed by atoms with Gasteiger partial charge in [-0.3, -0.25) is 14.5 Å². The summed E-state index contributed by atoms with van der Waals surface area (Å²) in [6.07, 6.45) is 7.43. The Morgan fingerprint density at radius 3 is 2.45 bits per heavy atom. The molecule has 5 heteroatoms. The van der Waals surface area contributed by atoms with Gasteiger partial charge in [0.1, 0.15) is 0 Å². The Bertz CT molecular complexity index is 464. The molecule has 2 saturated heterocycles. The Balaban J connectivity index is 1.60. The number of likely N-dealkylation sites (tertiary alicyclic amines) is 1. The first-order valence-electron chi connectivity index (χ1n) is 7.59. The Kier molecular flexibility index (Phi) is 2.76. The summed E-state index contributed by atoms with van der Waals surface area (Å²) in [5, 5.41) is 0. The van der Waals surface area contributed by atoms with E-state index in [1.807, 2.05) is 12.2 Å². The molecule has 0 bridgehead atoms. The molecule has 4 unspecified atom stereocenters. The normalized spacial score (nSPS) is 47.0. The number of allylic oxidation sites excluding steroid dienone is 2. The van der Waals surface area contributed by atoms with E-state index in [0.717, 1.165) is 19.4 Å². The average molecular weight is 276 g/mol. The van der Waals surface area contributed by atoms with Gasteiger partial charge in [-0.2, -0.15) is 0 Å². The summed E-state index contributed by atoms with van der Waals surface area (Å²) >= 11 is 0. The topological polar surface area (TPSA) is 72.6 Å². The van der Waals surface area contributed by atoms with Crippen molar-refractivity contribution in [3.05, 3.63) is 12.2 Å². The fourth-order valence-electron chi connectivity index (χ4n) is 4.36. The van der Waals surface area contributed by atoms with Crippen LogP contribution >= 0.6 is 0 Å². The molecule has 2 amide bonds. The third-order valence-electron chi connectivity index (χ3n) is 5.48. The van der Waals surface area contributed by atoms with Gasteiger partial charge in [-0.1, -0.05) is 12.2 Å². The van der Waals surface area contributed by atoms with Gasteiger partial charge in [-0.25, -0.2) is 0 Å². The highest BCUT2D eigenvalue weighted by Gasteiger charge is 2.60. The number of hydrogen-bond donors (Lipinski definition) is 1. The third kappa shape index (κ3) is 1.50. The van der Waals surface area contributed by atoms with Gasteiger partial charge in [0, 0.05) is 18.6 Å². The number of nitrogens with two attached hydrogens (primary N) is 1. The zero-order valence-corrected chi connectivity index (χ0v) is 11.4. The van der Waals surface area contributed by atoms with Crippen molar-refractivity contribution in [2.24, 2.45) is 23.5 Å². The fourth-order valence-corrected chi connectivity index (χ4v) is 4.36. The zero-order valence-electron chi connectivity index (χ0n) is 11.4. The van der Waals surface area contributed by atoms with Crippen LogP contribution in [0.4, 0.5) is 0 Å². The summed E-state index contributed by atoms with van der Waals surface area (Å²) in [4.78, 5) is 26.6. The van der Waals surface area contributed by atoms with Crippen LogP contribution in [-0.2, 0) is 14.3 Å². The highest BCUT2D eigenvalue weighted by molar-refractivity contribution is 6.06. The van der Waals surface area contributed by atoms with Gasteiger partial charge in [0.25, 0.3) is 0 Å². The summed E-state index contributed by atoms with van der Waals surface area (Å²) in [6, 6.07) is -0.341. The predicted octanol–water partition coefficient (Wildman–Crippen LogP) is 0.442. The zero-order chi connectivity index (χ0) is 13.9. The lowest BCUT2D eigenvalue weighted by atomic mass is 9.68. The minimum Gasteiger partial charge on any atom is -0.376 e. The maximum atomic E-state index is 12.6. The quantitative estimate of drug-likeness (QED) is 0.557. The molecule has 1 saturated carbocycles. The first-order chi connectivity index (χ1) is 9.70. The molecule has 3 fully saturated rings. The van der Waals surface area contributed by atoms with Gasteiger partial charge >= 0.3 is 0 Å². The van der Waals surface area contributed by atoms with Gasteiger partial charge in [-0.15, -0.1) is 0 Å². The van der Waals surface area contributed by atoms with Crippen molar-refractivity contribution in [2.75, 3.05) is 6.61 Å². The van der Waals surface area contributed by atoms with Crippen molar-refractivity contribution in [3.63, 3.8) is 0 Å². The standard InChI is InChI=1S/C15H20N2O3/c16-11-10-6-3-7-20-13(10)12(11)17-14(18)8-4-1-2-5-9(8)15(17)19/h1-2,8-13H,3-7,16H2/t8-,9+,10?,11?,12?,13?. The number of fused-ring (bicyclic) bond motifs is 2. The highest BCUT2D eigenvalue weighted by Crippen LogP contribution is 2.44. The van der Waals surface area contributed by atoms with Crippen molar-refractivity contribution < 1.29 is 14.3 Å². The van der Waals surface area contributed by atoms with Crippen LogP contribution in [-0.4, -0.2) is 41.5 Å². The second-order valence-electron chi connectivity index (χ2n) is 6.41. The average Bonchev–Trinajstić information content (AvgIpc) is 2.73. The molecule has 0 aromatic rings. The lowest BCUT2D eigenvalue weighted by Crippen LogP contribution is -2.73.